The van der Waals surface area contributed by atoms with E-state index >= 15 is 0 Å². The Balaban J connectivity index is 2.13. The number of fused-ring (bicyclic) bond motifs is 1. The summed E-state index contributed by atoms with van der Waals surface area (Å²) in [5, 5.41) is 13.9. The molecule has 0 saturated carbocycles. The second kappa shape index (κ2) is 6.28. The Hall–Kier alpha value is -2.94. The first-order valence-electron chi connectivity index (χ1n) is 7.01. The van der Waals surface area contributed by atoms with Gasteiger partial charge >= 0.3 is 5.97 Å². The zero-order valence-electron chi connectivity index (χ0n) is 12.8. The van der Waals surface area contributed by atoms with Gasteiger partial charge in [-0.3, -0.25) is 14.6 Å². The van der Waals surface area contributed by atoms with Gasteiger partial charge in [0.2, 0.25) is 0 Å². The van der Waals surface area contributed by atoms with Crippen LogP contribution in [0, 0.1) is 6.92 Å². The van der Waals surface area contributed by atoms with Crippen LogP contribution in [0.4, 0.5) is 0 Å². The van der Waals surface area contributed by atoms with Crippen LogP contribution in [-0.4, -0.2) is 35.8 Å². The van der Waals surface area contributed by atoms with Crippen LogP contribution in [0.3, 0.4) is 0 Å². The average Bonchev–Trinajstić information content (AvgIpc) is 2.91. The van der Waals surface area contributed by atoms with Crippen LogP contribution in [0.5, 0.6) is 0 Å². The van der Waals surface area contributed by atoms with E-state index in [9.17, 15) is 9.59 Å². The monoisotopic (exact) mass is 343 g/mol. The molecule has 0 amide bonds. The number of hydrogen-bond donors (Lipinski definition) is 1. The van der Waals surface area contributed by atoms with E-state index in [1.54, 1.807) is 6.08 Å². The molecule has 3 aromatic rings. The average molecular weight is 343 g/mol. The lowest BCUT2D eigenvalue weighted by molar-refractivity contribution is -0.136. The van der Waals surface area contributed by atoms with Crippen LogP contribution in [0.2, 0.25) is 0 Å². The van der Waals surface area contributed by atoms with E-state index in [1.807, 2.05) is 6.92 Å². The molecule has 0 fully saturated rings. The molecule has 0 atom stereocenters. The quantitative estimate of drug-likeness (QED) is 0.742. The van der Waals surface area contributed by atoms with Crippen molar-refractivity contribution in [2.45, 2.75) is 19.9 Å². The van der Waals surface area contributed by atoms with Gasteiger partial charge in [0, 0.05) is 17.3 Å². The van der Waals surface area contributed by atoms with Crippen molar-refractivity contribution < 1.29 is 9.90 Å². The molecule has 0 saturated heterocycles. The molecule has 1 N–H and O–H groups in total. The predicted octanol–water partition coefficient (Wildman–Crippen LogP) is 1.27. The number of aryl methyl sites for hydroxylation is 1. The van der Waals surface area contributed by atoms with E-state index in [0.717, 1.165) is 10.6 Å². The van der Waals surface area contributed by atoms with Crippen molar-refractivity contribution in [1.29, 1.82) is 0 Å². The first kappa shape index (κ1) is 15.9. The van der Waals surface area contributed by atoms with Gasteiger partial charge in [-0.2, -0.15) is 5.10 Å². The van der Waals surface area contributed by atoms with Crippen LogP contribution in [0.15, 0.2) is 23.8 Å². The summed E-state index contributed by atoms with van der Waals surface area (Å²) in [7, 11) is 0. The highest BCUT2D eigenvalue weighted by molar-refractivity contribution is 7.12. The lowest BCUT2D eigenvalue weighted by Crippen LogP contribution is -2.27. The minimum atomic E-state index is -1.06. The lowest BCUT2D eigenvalue weighted by atomic mass is 10.2. The van der Waals surface area contributed by atoms with Crippen molar-refractivity contribution in [1.82, 2.24) is 24.7 Å². The van der Waals surface area contributed by atoms with E-state index in [-0.39, 0.29) is 29.7 Å². The van der Waals surface area contributed by atoms with Crippen LogP contribution >= 0.6 is 11.3 Å². The molecule has 3 heterocycles. The topological polar surface area (TPSA) is 111 Å². The van der Waals surface area contributed by atoms with Crippen molar-refractivity contribution in [3.8, 4) is 0 Å². The van der Waals surface area contributed by atoms with Gasteiger partial charge in [0.25, 0.3) is 5.56 Å². The molecule has 0 aliphatic heterocycles. The second-order valence-corrected chi connectivity index (χ2v) is 6.11. The first-order chi connectivity index (χ1) is 11.5. The Morgan fingerprint density at radius 1 is 1.38 bits per heavy atom. The summed E-state index contributed by atoms with van der Waals surface area (Å²) in [4.78, 5) is 37.0. The van der Waals surface area contributed by atoms with Crippen LogP contribution in [0.25, 0.3) is 17.1 Å². The lowest BCUT2D eigenvalue weighted by Gasteiger charge is -2.07. The smallest absolute Gasteiger partial charge is 0.309 e. The number of rotatable bonds is 5. The van der Waals surface area contributed by atoms with Crippen molar-refractivity contribution in [2.24, 2.45) is 0 Å². The second-order valence-electron chi connectivity index (χ2n) is 4.99. The Labute approximate surface area is 140 Å². The molecule has 0 aliphatic carbocycles. The van der Waals surface area contributed by atoms with Crippen molar-refractivity contribution in [3.05, 3.63) is 50.6 Å². The van der Waals surface area contributed by atoms with Gasteiger partial charge in [-0.1, -0.05) is 12.7 Å². The summed E-state index contributed by atoms with van der Waals surface area (Å²) in [6, 6.07) is 0. The van der Waals surface area contributed by atoms with Gasteiger partial charge in [-0.25, -0.2) is 14.6 Å². The van der Waals surface area contributed by atoms with E-state index in [4.69, 9.17) is 5.11 Å². The summed E-state index contributed by atoms with van der Waals surface area (Å²) in [5.41, 5.74) is 0.899. The number of thiazole rings is 1. The van der Waals surface area contributed by atoms with E-state index in [0.29, 0.717) is 5.01 Å². The molecule has 8 nitrogen and oxygen atoms in total. The molecule has 0 unspecified atom stereocenters. The SMILES string of the molecule is C=Cc1sc(Cn2nc(CC(=O)O)c3nccnc3c2=O)nc1C. The molecule has 0 bridgehead atoms. The van der Waals surface area contributed by atoms with E-state index in [1.165, 1.54) is 28.4 Å². The summed E-state index contributed by atoms with van der Waals surface area (Å²) < 4.78 is 1.18. The van der Waals surface area contributed by atoms with Gasteiger partial charge in [0.1, 0.15) is 16.2 Å². The minimum Gasteiger partial charge on any atom is -0.481 e. The number of carboxylic acid groups (broad SMARTS) is 1. The highest BCUT2D eigenvalue weighted by Gasteiger charge is 2.16. The van der Waals surface area contributed by atoms with Gasteiger partial charge in [0.15, 0.2) is 5.52 Å². The van der Waals surface area contributed by atoms with Crippen LogP contribution in [-0.2, 0) is 17.8 Å². The molecule has 0 radical (unpaired) electrons. The molecule has 3 rings (SSSR count). The predicted molar refractivity (Wildman–Crippen MR) is 89.0 cm³/mol. The fourth-order valence-electron chi connectivity index (χ4n) is 2.29. The van der Waals surface area contributed by atoms with Gasteiger partial charge in [-0.05, 0) is 6.92 Å². The molecule has 0 spiro atoms. The molecule has 3 aromatic heterocycles. The Morgan fingerprint density at radius 2 is 2.08 bits per heavy atom. The normalized spacial score (nSPS) is 10.9. The van der Waals surface area contributed by atoms with Crippen molar-refractivity contribution in [2.75, 3.05) is 0 Å². The highest BCUT2D eigenvalue weighted by Crippen LogP contribution is 2.19. The van der Waals surface area contributed by atoms with Gasteiger partial charge < -0.3 is 5.11 Å². The fourth-order valence-corrected chi connectivity index (χ4v) is 3.19. The number of carboxylic acids is 1. The van der Waals surface area contributed by atoms with E-state index < -0.39 is 11.5 Å². The van der Waals surface area contributed by atoms with Crippen molar-refractivity contribution in [3.63, 3.8) is 0 Å². The Bertz CT molecular complexity index is 1010. The number of aliphatic carboxylic acids is 1. The zero-order valence-corrected chi connectivity index (χ0v) is 13.6. The van der Waals surface area contributed by atoms with Crippen LogP contribution in [0.1, 0.15) is 21.3 Å². The molecular formula is C15H13N5O3S. The number of hydrogen-bond acceptors (Lipinski definition) is 7. The number of nitrogens with zero attached hydrogens (tertiary/aromatic N) is 5. The third kappa shape index (κ3) is 2.93. The minimum absolute atomic E-state index is 0.0981. The molecule has 0 aromatic carbocycles. The van der Waals surface area contributed by atoms with Gasteiger partial charge in [-0.15, -0.1) is 11.3 Å². The highest BCUT2D eigenvalue weighted by atomic mass is 32.1. The Morgan fingerprint density at radius 3 is 2.71 bits per heavy atom. The largest absolute Gasteiger partial charge is 0.481 e. The van der Waals surface area contributed by atoms with Gasteiger partial charge in [0.05, 0.1) is 18.7 Å². The third-order valence-corrected chi connectivity index (χ3v) is 4.45. The zero-order chi connectivity index (χ0) is 17.3. The van der Waals surface area contributed by atoms with Crippen LogP contribution < -0.4 is 5.56 Å². The summed E-state index contributed by atoms with van der Waals surface area (Å²) in [6.07, 6.45) is 4.15. The molecular weight excluding hydrogens is 330 g/mol. The third-order valence-electron chi connectivity index (χ3n) is 3.32. The first-order valence-corrected chi connectivity index (χ1v) is 7.82. The maximum absolute atomic E-state index is 12.5. The van der Waals surface area contributed by atoms with Crippen molar-refractivity contribution >= 4 is 34.4 Å². The number of aromatic nitrogens is 5. The molecule has 24 heavy (non-hydrogen) atoms. The summed E-state index contributed by atoms with van der Waals surface area (Å²) in [5.74, 6) is -1.06. The number of carbonyl (C=O) groups is 1. The molecule has 9 heteroatoms. The molecule has 122 valence electrons. The van der Waals surface area contributed by atoms with E-state index in [2.05, 4.69) is 26.6 Å². The Kier molecular flexibility index (Phi) is 4.17. The summed E-state index contributed by atoms with van der Waals surface area (Å²) in [6.45, 7) is 5.71. The maximum atomic E-state index is 12.5. The summed E-state index contributed by atoms with van der Waals surface area (Å²) >= 11 is 1.41. The molecule has 0 aliphatic rings. The fraction of sp³-hybridized carbons (Fsp3) is 0.200. The standard InChI is InChI=1S/C15H13N5O3S/c1-3-10-8(2)18-11(24-10)7-20-15(23)14-13(16-4-5-17-14)9(19-20)6-12(21)22/h3-5H,1,6-7H2,2H3,(H,21,22). The maximum Gasteiger partial charge on any atom is 0.309 e.